The van der Waals surface area contributed by atoms with Gasteiger partial charge >= 0.3 is 6.03 Å². The van der Waals surface area contributed by atoms with Crippen LogP contribution in [0.4, 0.5) is 4.79 Å². The molecule has 1 saturated heterocycles. The average Bonchev–Trinajstić information content (AvgIpc) is 3.17. The molecular formula is C21H30N4O2. The maximum Gasteiger partial charge on any atom is 0.317 e. The van der Waals surface area contributed by atoms with E-state index in [9.17, 15) is 4.79 Å². The van der Waals surface area contributed by atoms with E-state index >= 15 is 0 Å². The van der Waals surface area contributed by atoms with Crippen LogP contribution in [0, 0.1) is 12.8 Å². The number of hydrogen-bond donors (Lipinski definition) is 1. The van der Waals surface area contributed by atoms with Crippen LogP contribution in [0.15, 0.2) is 41.1 Å². The fourth-order valence-corrected chi connectivity index (χ4v) is 3.69. The van der Waals surface area contributed by atoms with E-state index in [-0.39, 0.29) is 12.1 Å². The Morgan fingerprint density at radius 1 is 1.33 bits per heavy atom. The van der Waals surface area contributed by atoms with E-state index in [0.717, 1.165) is 24.7 Å². The molecule has 0 aliphatic carbocycles. The van der Waals surface area contributed by atoms with Crippen LogP contribution < -0.4 is 5.32 Å². The van der Waals surface area contributed by atoms with Gasteiger partial charge in [-0.2, -0.15) is 0 Å². The second-order valence-corrected chi connectivity index (χ2v) is 7.62. The molecule has 1 aliphatic rings. The van der Waals surface area contributed by atoms with Gasteiger partial charge in [0, 0.05) is 19.7 Å². The molecule has 2 aromatic rings. The smallest absolute Gasteiger partial charge is 0.317 e. The molecule has 27 heavy (non-hydrogen) atoms. The van der Waals surface area contributed by atoms with Crippen LogP contribution in [0.3, 0.4) is 0 Å². The molecule has 0 radical (unpaired) electrons. The summed E-state index contributed by atoms with van der Waals surface area (Å²) in [5, 5.41) is 6.98. The molecule has 3 rings (SSSR count). The van der Waals surface area contributed by atoms with E-state index in [1.165, 1.54) is 30.2 Å². The number of aromatic nitrogens is 1. The van der Waals surface area contributed by atoms with Gasteiger partial charge in [-0.05, 0) is 49.9 Å². The lowest BCUT2D eigenvalue weighted by Crippen LogP contribution is -2.45. The summed E-state index contributed by atoms with van der Waals surface area (Å²) in [6, 6.07) is 10.4. The summed E-state index contributed by atoms with van der Waals surface area (Å²) in [4.78, 5) is 16.7. The van der Waals surface area contributed by atoms with Gasteiger partial charge in [0.05, 0.1) is 12.6 Å². The van der Waals surface area contributed by atoms with Crippen LogP contribution in [0.25, 0.3) is 0 Å². The van der Waals surface area contributed by atoms with Crippen molar-refractivity contribution in [2.24, 2.45) is 5.92 Å². The molecule has 6 heteroatoms. The summed E-state index contributed by atoms with van der Waals surface area (Å²) >= 11 is 0. The molecule has 146 valence electrons. The predicted octanol–water partition coefficient (Wildman–Crippen LogP) is 3.60. The number of urea groups is 1. The van der Waals surface area contributed by atoms with Crippen molar-refractivity contribution >= 4 is 6.03 Å². The molecule has 0 spiro atoms. The summed E-state index contributed by atoms with van der Waals surface area (Å²) < 4.78 is 4.84. The van der Waals surface area contributed by atoms with E-state index < -0.39 is 0 Å². The molecule has 2 amide bonds. The van der Waals surface area contributed by atoms with Crippen molar-refractivity contribution in [2.45, 2.75) is 39.3 Å². The van der Waals surface area contributed by atoms with E-state index in [1.54, 1.807) is 18.0 Å². The number of aryl methyl sites for hydroxylation is 1. The van der Waals surface area contributed by atoms with Crippen molar-refractivity contribution in [3.63, 3.8) is 0 Å². The molecule has 1 fully saturated rings. The number of nitrogens with one attached hydrogen (secondary N) is 1. The van der Waals surface area contributed by atoms with Crippen molar-refractivity contribution in [3.05, 3.63) is 53.4 Å². The van der Waals surface area contributed by atoms with Crippen LogP contribution >= 0.6 is 0 Å². The third kappa shape index (κ3) is 5.10. The van der Waals surface area contributed by atoms with Crippen LogP contribution in [0.5, 0.6) is 0 Å². The number of hydrogen-bond acceptors (Lipinski definition) is 4. The zero-order valence-corrected chi connectivity index (χ0v) is 16.5. The molecule has 1 atom stereocenters. The second kappa shape index (κ2) is 9.04. The number of carbonyl (C=O) groups is 1. The quantitative estimate of drug-likeness (QED) is 0.844. The van der Waals surface area contributed by atoms with Crippen molar-refractivity contribution in [1.29, 1.82) is 0 Å². The number of likely N-dealkylation sites (tertiary alicyclic amines) is 1. The first-order valence-electron chi connectivity index (χ1n) is 9.72. The molecule has 6 nitrogen and oxygen atoms in total. The minimum atomic E-state index is -0.0954. The fraction of sp³-hybridized carbons (Fsp3) is 0.524. The van der Waals surface area contributed by atoms with Crippen molar-refractivity contribution in [3.8, 4) is 0 Å². The van der Waals surface area contributed by atoms with E-state index in [0.29, 0.717) is 13.1 Å². The molecule has 1 aromatic heterocycles. The topological polar surface area (TPSA) is 61.6 Å². The summed E-state index contributed by atoms with van der Waals surface area (Å²) in [7, 11) is 1.77. The minimum Gasteiger partial charge on any atom is -0.364 e. The molecule has 0 unspecified atom stereocenters. The number of carbonyl (C=O) groups excluding carboxylic acids is 1. The van der Waals surface area contributed by atoms with E-state index in [2.05, 4.69) is 53.5 Å². The lowest BCUT2D eigenvalue weighted by molar-refractivity contribution is 0.133. The third-order valence-electron chi connectivity index (χ3n) is 5.49. The van der Waals surface area contributed by atoms with E-state index in [4.69, 9.17) is 4.52 Å². The van der Waals surface area contributed by atoms with Crippen molar-refractivity contribution in [2.75, 3.05) is 26.7 Å². The van der Waals surface area contributed by atoms with Gasteiger partial charge in [-0.15, -0.1) is 0 Å². The SMILES string of the molecule is Cc1ccccc1[C@@H](CNC(=O)N(C)Cc1ccon1)N1CCC(C)CC1. The largest absolute Gasteiger partial charge is 0.364 e. The Labute approximate surface area is 161 Å². The van der Waals surface area contributed by atoms with Gasteiger partial charge in [0.1, 0.15) is 12.0 Å². The van der Waals surface area contributed by atoms with Crippen LogP contribution in [-0.4, -0.2) is 47.7 Å². The minimum absolute atomic E-state index is 0.0954. The molecule has 2 heterocycles. The van der Waals surface area contributed by atoms with Gasteiger partial charge in [-0.3, -0.25) is 4.90 Å². The number of amides is 2. The average molecular weight is 370 g/mol. The summed E-state index contributed by atoms with van der Waals surface area (Å²) in [6.45, 7) is 7.64. The molecule has 1 aromatic carbocycles. The standard InChI is InChI=1S/C21H30N4O2/c1-16-8-11-25(12-9-16)20(19-7-5-4-6-17(19)2)14-22-21(26)24(3)15-18-10-13-27-23-18/h4-7,10,13,16,20H,8-9,11-12,14-15H2,1-3H3,(H,22,26)/t20-/m1/s1. The zero-order chi connectivity index (χ0) is 19.2. The Morgan fingerprint density at radius 2 is 2.07 bits per heavy atom. The Bertz CT molecular complexity index is 724. The zero-order valence-electron chi connectivity index (χ0n) is 16.5. The highest BCUT2D eigenvalue weighted by atomic mass is 16.5. The Morgan fingerprint density at radius 3 is 2.74 bits per heavy atom. The van der Waals surface area contributed by atoms with Crippen LogP contribution in [0.2, 0.25) is 0 Å². The fourth-order valence-electron chi connectivity index (χ4n) is 3.69. The molecule has 0 bridgehead atoms. The maximum atomic E-state index is 12.6. The Hall–Kier alpha value is -2.34. The highest BCUT2D eigenvalue weighted by Gasteiger charge is 2.26. The van der Waals surface area contributed by atoms with Gasteiger partial charge in [0.25, 0.3) is 0 Å². The van der Waals surface area contributed by atoms with Crippen LogP contribution in [0.1, 0.15) is 42.6 Å². The van der Waals surface area contributed by atoms with Gasteiger partial charge in [0.15, 0.2) is 0 Å². The van der Waals surface area contributed by atoms with Crippen LogP contribution in [-0.2, 0) is 6.54 Å². The van der Waals surface area contributed by atoms with Gasteiger partial charge < -0.3 is 14.7 Å². The summed E-state index contributed by atoms with van der Waals surface area (Å²) in [6.07, 6.45) is 3.94. The third-order valence-corrected chi connectivity index (χ3v) is 5.49. The molecule has 0 saturated carbocycles. The highest BCUT2D eigenvalue weighted by molar-refractivity contribution is 5.73. The predicted molar refractivity (Wildman–Crippen MR) is 105 cm³/mol. The van der Waals surface area contributed by atoms with E-state index in [1.807, 2.05) is 0 Å². The lowest BCUT2D eigenvalue weighted by atomic mass is 9.94. The van der Waals surface area contributed by atoms with Gasteiger partial charge in [-0.1, -0.05) is 36.3 Å². The summed E-state index contributed by atoms with van der Waals surface area (Å²) in [5.74, 6) is 0.780. The number of piperidine rings is 1. The first-order chi connectivity index (χ1) is 13.0. The number of rotatable bonds is 6. The first-order valence-corrected chi connectivity index (χ1v) is 9.72. The van der Waals surface area contributed by atoms with Crippen molar-refractivity contribution < 1.29 is 9.32 Å². The Balaban J connectivity index is 1.66. The Kier molecular flexibility index (Phi) is 6.50. The highest BCUT2D eigenvalue weighted by Crippen LogP contribution is 2.28. The first kappa shape index (κ1) is 19.4. The summed E-state index contributed by atoms with van der Waals surface area (Å²) in [5.41, 5.74) is 3.31. The normalized spacial score (nSPS) is 16.9. The monoisotopic (exact) mass is 370 g/mol. The van der Waals surface area contributed by atoms with Crippen molar-refractivity contribution in [1.82, 2.24) is 20.3 Å². The molecule has 1 aliphatic heterocycles. The molecule has 1 N–H and O–H groups in total. The number of benzene rings is 1. The second-order valence-electron chi connectivity index (χ2n) is 7.62. The van der Waals surface area contributed by atoms with Gasteiger partial charge in [-0.25, -0.2) is 4.79 Å². The number of nitrogens with zero attached hydrogens (tertiary/aromatic N) is 3. The maximum absolute atomic E-state index is 12.6. The lowest BCUT2D eigenvalue weighted by Gasteiger charge is -2.38. The molecular weight excluding hydrogens is 340 g/mol. The van der Waals surface area contributed by atoms with Gasteiger partial charge in [0.2, 0.25) is 0 Å².